The van der Waals surface area contributed by atoms with E-state index in [2.05, 4.69) is 0 Å². The van der Waals surface area contributed by atoms with Crippen molar-refractivity contribution in [2.24, 2.45) is 52.8 Å². The molecule has 0 saturated heterocycles. The number of hydrogen-bond donors (Lipinski definition) is 1. The molecular formula is C52H94N8O13S. The van der Waals surface area contributed by atoms with Crippen molar-refractivity contribution in [1.29, 1.82) is 0 Å². The maximum Gasteiger partial charge on any atom is 0.315 e. The number of carbonyl (C=O) groups excluding carboxylic acids is 10. The molecule has 0 aliphatic carbocycles. The van der Waals surface area contributed by atoms with E-state index in [0.717, 1.165) is 11.8 Å². The van der Waals surface area contributed by atoms with Gasteiger partial charge in [0, 0.05) is 166 Å². The Morgan fingerprint density at radius 2 is 0.676 bits per heavy atom. The summed E-state index contributed by atoms with van der Waals surface area (Å²) in [4.78, 5) is 148. The van der Waals surface area contributed by atoms with Gasteiger partial charge in [-0.15, -0.1) is 11.8 Å². The molecule has 0 rings (SSSR count). The third-order valence-electron chi connectivity index (χ3n) is 13.3. The molecular weight excluding hydrogens is 977 g/mol. The molecule has 0 aromatic carbocycles. The van der Waals surface area contributed by atoms with Crippen LogP contribution < -0.4 is 0 Å². The lowest BCUT2D eigenvalue weighted by Gasteiger charge is -2.34. The van der Waals surface area contributed by atoms with Crippen LogP contribution in [0.25, 0.3) is 0 Å². The van der Waals surface area contributed by atoms with Crippen molar-refractivity contribution in [2.75, 3.05) is 137 Å². The third kappa shape index (κ3) is 23.3. The van der Waals surface area contributed by atoms with Crippen molar-refractivity contribution >= 4 is 71.0 Å². The smallest absolute Gasteiger partial charge is 0.315 e. The van der Waals surface area contributed by atoms with Gasteiger partial charge in [-0.05, 0) is 65.2 Å². The summed E-state index contributed by atoms with van der Waals surface area (Å²) in [5, 5.41) is 10.3. The molecule has 0 bridgehead atoms. The summed E-state index contributed by atoms with van der Waals surface area (Å²) in [6.45, 7) is 6.22. The predicted octanol–water partition coefficient (Wildman–Crippen LogP) is 1.99. The molecule has 0 aliphatic rings. The number of aliphatic hydroxyl groups excluding tert-OH is 1. The van der Waals surface area contributed by atoms with E-state index in [0.29, 0.717) is 6.42 Å². The molecule has 0 aromatic rings. The number of rotatable bonds is 32. The molecule has 9 unspecified atom stereocenters. The topological polar surface area (TPSA) is 235 Å². The SMILES string of the molecule is CCC(C)(C)C(=O)OCC(O)COC(=O)CSCC(CC(CC(CC(CC(CC(CC(CC(C)C(=O)N(C)C)C(=O)N(C)C)C(=O)N(C)C)C(=O)N(C)C)C(=O)N(C)C)C(=O)N(C)C)C(=O)N(C)C)C(=O)N(C)C. The Labute approximate surface area is 446 Å². The first-order valence-corrected chi connectivity index (χ1v) is 26.5. The summed E-state index contributed by atoms with van der Waals surface area (Å²) in [7, 11) is 25.2. The first kappa shape index (κ1) is 69.0. The van der Waals surface area contributed by atoms with E-state index in [-0.39, 0.29) is 104 Å². The van der Waals surface area contributed by atoms with Gasteiger partial charge in [-0.25, -0.2) is 0 Å². The summed E-state index contributed by atoms with van der Waals surface area (Å²) < 4.78 is 10.4. The highest BCUT2D eigenvalue weighted by molar-refractivity contribution is 7.99. The summed E-state index contributed by atoms with van der Waals surface area (Å²) in [6, 6.07) is 0. The molecule has 426 valence electrons. The zero-order valence-electron chi connectivity index (χ0n) is 48.5. The van der Waals surface area contributed by atoms with E-state index in [1.165, 1.54) is 39.2 Å². The van der Waals surface area contributed by atoms with Gasteiger partial charge < -0.3 is 53.8 Å². The van der Waals surface area contributed by atoms with Crippen molar-refractivity contribution < 1.29 is 62.5 Å². The first-order valence-electron chi connectivity index (χ1n) is 25.3. The van der Waals surface area contributed by atoms with Crippen LogP contribution in [0, 0.1) is 52.8 Å². The second-order valence-corrected chi connectivity index (χ2v) is 23.0. The van der Waals surface area contributed by atoms with Gasteiger partial charge in [-0.1, -0.05) is 13.8 Å². The Balaban J connectivity index is 7.12. The average Bonchev–Trinajstić information content (AvgIpc) is 3.32. The van der Waals surface area contributed by atoms with Crippen LogP contribution >= 0.6 is 11.8 Å². The van der Waals surface area contributed by atoms with Gasteiger partial charge in [-0.3, -0.25) is 47.9 Å². The minimum atomic E-state index is -1.26. The number of esters is 2. The van der Waals surface area contributed by atoms with Gasteiger partial charge in [-0.2, -0.15) is 0 Å². The molecule has 0 saturated carbocycles. The van der Waals surface area contributed by atoms with Gasteiger partial charge in [0.25, 0.3) is 0 Å². The summed E-state index contributed by atoms with van der Waals surface area (Å²) in [6.07, 6.45) is -0.921. The van der Waals surface area contributed by atoms with Gasteiger partial charge in [0.05, 0.1) is 11.2 Å². The number of ether oxygens (including phenoxy) is 2. The Morgan fingerprint density at radius 1 is 0.419 bits per heavy atom. The quantitative estimate of drug-likeness (QED) is 0.0950. The first-order chi connectivity index (χ1) is 34.0. The van der Waals surface area contributed by atoms with Crippen LogP contribution in [0.1, 0.15) is 79.1 Å². The van der Waals surface area contributed by atoms with E-state index in [1.807, 2.05) is 6.92 Å². The number of hydrogen-bond acceptors (Lipinski definition) is 14. The van der Waals surface area contributed by atoms with E-state index in [4.69, 9.17) is 9.47 Å². The lowest BCUT2D eigenvalue weighted by molar-refractivity contribution is -0.159. The Hall–Kier alpha value is -4.99. The fourth-order valence-corrected chi connectivity index (χ4v) is 9.62. The second kappa shape index (κ2) is 32.5. The van der Waals surface area contributed by atoms with Crippen LogP contribution in [-0.2, 0) is 57.4 Å². The zero-order valence-corrected chi connectivity index (χ0v) is 49.3. The molecule has 0 fully saturated rings. The molecule has 0 aliphatic heterocycles. The molecule has 1 N–H and O–H groups in total. The highest BCUT2D eigenvalue weighted by Crippen LogP contribution is 2.36. The van der Waals surface area contributed by atoms with Crippen LogP contribution in [0.2, 0.25) is 0 Å². The van der Waals surface area contributed by atoms with Gasteiger partial charge in [0.2, 0.25) is 47.3 Å². The number of amides is 8. The number of aliphatic hydroxyl groups is 1. The van der Waals surface area contributed by atoms with Crippen LogP contribution in [-0.4, -0.2) is 247 Å². The molecule has 0 aromatic heterocycles. The minimum absolute atomic E-state index is 0.0184. The van der Waals surface area contributed by atoms with Crippen LogP contribution in [0.3, 0.4) is 0 Å². The normalized spacial score (nSPS) is 15.0. The number of thioether (sulfide) groups is 1. The van der Waals surface area contributed by atoms with E-state index in [9.17, 15) is 53.1 Å². The summed E-state index contributed by atoms with van der Waals surface area (Å²) in [5.41, 5.74) is -0.741. The predicted molar refractivity (Wildman–Crippen MR) is 285 cm³/mol. The van der Waals surface area contributed by atoms with Crippen molar-refractivity contribution in [3.05, 3.63) is 0 Å². The standard InChI is InChI=1S/C52H94N8O13S/c1-21-52(3,4)51(71)73-30-41(61)29-72-42(62)32-74-31-40(50(70)60(19)20)28-39(49(69)59(17)18)27-38(48(68)58(15)16)26-37(47(67)57(13)14)25-36(46(66)56(11)12)24-35(45(65)55(9)10)23-34(44(64)54(7)8)22-33(2)43(63)53(5)6/h33-41,61H,21-32H2,1-20H3. The monoisotopic (exact) mass is 1070 g/mol. The third-order valence-corrected chi connectivity index (χ3v) is 14.3. The molecule has 9 atom stereocenters. The highest BCUT2D eigenvalue weighted by Gasteiger charge is 2.41. The van der Waals surface area contributed by atoms with Gasteiger partial charge in [0.1, 0.15) is 19.3 Å². The molecule has 0 spiro atoms. The Bertz CT molecular complexity index is 1890. The molecule has 0 radical (unpaired) electrons. The maximum absolute atomic E-state index is 14.4. The molecule has 8 amide bonds. The van der Waals surface area contributed by atoms with E-state index >= 15 is 0 Å². The van der Waals surface area contributed by atoms with Crippen LogP contribution in [0.5, 0.6) is 0 Å². The molecule has 22 heteroatoms. The maximum atomic E-state index is 14.4. The van der Waals surface area contributed by atoms with Crippen molar-refractivity contribution in [3.63, 3.8) is 0 Å². The molecule has 0 heterocycles. The lowest BCUT2D eigenvalue weighted by atomic mass is 9.76. The fraction of sp³-hybridized carbons (Fsp3) is 0.808. The second-order valence-electron chi connectivity index (χ2n) is 22.0. The minimum Gasteiger partial charge on any atom is -0.462 e. The van der Waals surface area contributed by atoms with Crippen LogP contribution in [0.15, 0.2) is 0 Å². The average molecular weight is 1070 g/mol. The summed E-state index contributed by atoms with van der Waals surface area (Å²) in [5.74, 6) is -10.8. The fourth-order valence-electron chi connectivity index (χ4n) is 8.69. The Morgan fingerprint density at radius 3 is 0.959 bits per heavy atom. The zero-order chi connectivity index (χ0) is 57.7. The van der Waals surface area contributed by atoms with E-state index in [1.54, 1.807) is 134 Å². The largest absolute Gasteiger partial charge is 0.462 e. The lowest BCUT2D eigenvalue weighted by Crippen LogP contribution is -2.42. The molecule has 21 nitrogen and oxygen atoms in total. The van der Waals surface area contributed by atoms with Crippen molar-refractivity contribution in [2.45, 2.75) is 85.2 Å². The number of carbonyl (C=O) groups is 10. The van der Waals surface area contributed by atoms with Crippen molar-refractivity contribution in [1.82, 2.24) is 39.2 Å². The molecule has 74 heavy (non-hydrogen) atoms. The highest BCUT2D eigenvalue weighted by atomic mass is 32.2. The van der Waals surface area contributed by atoms with Gasteiger partial charge in [0.15, 0.2) is 0 Å². The summed E-state index contributed by atoms with van der Waals surface area (Å²) >= 11 is 1.09. The van der Waals surface area contributed by atoms with E-state index < -0.39 is 83.3 Å². The van der Waals surface area contributed by atoms with Gasteiger partial charge >= 0.3 is 11.9 Å². The Kier molecular flexibility index (Phi) is 30.3. The van der Waals surface area contributed by atoms with Crippen molar-refractivity contribution in [3.8, 4) is 0 Å². The van der Waals surface area contributed by atoms with Crippen LogP contribution in [0.4, 0.5) is 0 Å². The number of nitrogens with zero attached hydrogens (tertiary/aromatic N) is 8.